The Hall–Kier alpha value is -3.20. The van der Waals surface area contributed by atoms with Crippen LogP contribution in [0.1, 0.15) is 11.9 Å². The molecule has 0 spiro atoms. The number of benzene rings is 1. The average molecular weight is 388 g/mol. The Labute approximate surface area is 157 Å². The van der Waals surface area contributed by atoms with Gasteiger partial charge in [-0.1, -0.05) is 0 Å². The van der Waals surface area contributed by atoms with Crippen molar-refractivity contribution in [3.8, 4) is 17.0 Å². The summed E-state index contributed by atoms with van der Waals surface area (Å²) in [5.74, 6) is -1.39. The minimum Gasteiger partial charge on any atom is -0.484 e. The predicted molar refractivity (Wildman–Crippen MR) is 99.1 cm³/mol. The second kappa shape index (κ2) is 7.58. The van der Waals surface area contributed by atoms with Crippen LogP contribution in [0.2, 0.25) is 0 Å². The Bertz CT molecular complexity index is 1070. The lowest BCUT2D eigenvalue weighted by Gasteiger charge is -2.10. The van der Waals surface area contributed by atoms with Gasteiger partial charge in [-0.05, 0) is 26.0 Å². The number of nitrogens with one attached hydrogen (secondary N) is 1. The van der Waals surface area contributed by atoms with Gasteiger partial charge in [0.15, 0.2) is 6.61 Å². The van der Waals surface area contributed by atoms with Crippen LogP contribution in [-0.4, -0.2) is 34.6 Å². The van der Waals surface area contributed by atoms with E-state index in [1.807, 2.05) is 6.92 Å². The fourth-order valence-electron chi connectivity index (χ4n) is 2.36. The van der Waals surface area contributed by atoms with E-state index in [9.17, 15) is 14.4 Å². The molecule has 0 saturated heterocycles. The molecule has 8 nitrogen and oxygen atoms in total. The van der Waals surface area contributed by atoms with Gasteiger partial charge in [0.1, 0.15) is 23.6 Å². The standard InChI is InChI=1S/C18H16N2O6S/c1-9(18(23)24)19-16(21)7-25-11-3-4-12-15(5-11)26-6-13(17(12)22)14-8-27-10(2)20-14/h3-6,8-9H,7H2,1-2H3,(H,19,21)(H,23,24). The Balaban J connectivity index is 1.77. The number of thiazole rings is 1. The third-order valence-electron chi connectivity index (χ3n) is 3.76. The van der Waals surface area contributed by atoms with Gasteiger partial charge in [0.25, 0.3) is 5.91 Å². The summed E-state index contributed by atoms with van der Waals surface area (Å²) in [7, 11) is 0. The number of aliphatic carboxylic acids is 1. The highest BCUT2D eigenvalue weighted by Crippen LogP contribution is 2.24. The molecule has 140 valence electrons. The summed E-state index contributed by atoms with van der Waals surface area (Å²) in [6, 6.07) is 3.59. The molecule has 0 aliphatic heterocycles. The van der Waals surface area contributed by atoms with Crippen LogP contribution >= 0.6 is 11.3 Å². The zero-order valence-corrected chi connectivity index (χ0v) is 15.3. The van der Waals surface area contributed by atoms with Crippen molar-refractivity contribution in [1.82, 2.24) is 10.3 Å². The molecule has 1 amide bonds. The first kappa shape index (κ1) is 18.6. The molecule has 3 rings (SSSR count). The maximum atomic E-state index is 12.6. The van der Waals surface area contributed by atoms with Crippen molar-refractivity contribution in [3.63, 3.8) is 0 Å². The monoisotopic (exact) mass is 388 g/mol. The number of rotatable bonds is 6. The third-order valence-corrected chi connectivity index (χ3v) is 4.53. The van der Waals surface area contributed by atoms with Gasteiger partial charge in [-0.2, -0.15) is 0 Å². The number of carbonyl (C=O) groups excluding carboxylic acids is 1. The van der Waals surface area contributed by atoms with Crippen LogP contribution in [0.25, 0.3) is 22.2 Å². The second-order valence-electron chi connectivity index (χ2n) is 5.80. The van der Waals surface area contributed by atoms with Crippen LogP contribution in [0.4, 0.5) is 0 Å². The smallest absolute Gasteiger partial charge is 0.325 e. The normalized spacial score (nSPS) is 11.9. The number of hydrogen-bond acceptors (Lipinski definition) is 7. The first-order valence-corrected chi connectivity index (χ1v) is 8.86. The minimum atomic E-state index is -1.14. The van der Waals surface area contributed by atoms with Crippen molar-refractivity contribution in [3.05, 3.63) is 45.1 Å². The van der Waals surface area contributed by atoms with E-state index < -0.39 is 17.9 Å². The summed E-state index contributed by atoms with van der Waals surface area (Å²) >= 11 is 1.44. The van der Waals surface area contributed by atoms with Crippen LogP contribution < -0.4 is 15.5 Å². The van der Waals surface area contributed by atoms with E-state index in [0.717, 1.165) is 5.01 Å². The van der Waals surface area contributed by atoms with Crippen LogP contribution in [0.15, 0.2) is 39.1 Å². The molecular weight excluding hydrogens is 372 g/mol. The zero-order chi connectivity index (χ0) is 19.6. The number of carbonyl (C=O) groups is 2. The van der Waals surface area contributed by atoms with Gasteiger partial charge in [-0.15, -0.1) is 11.3 Å². The zero-order valence-electron chi connectivity index (χ0n) is 14.5. The largest absolute Gasteiger partial charge is 0.484 e. The summed E-state index contributed by atoms with van der Waals surface area (Å²) in [5, 5.41) is 14.1. The van der Waals surface area contributed by atoms with E-state index in [4.69, 9.17) is 14.3 Å². The molecule has 2 N–H and O–H groups in total. The average Bonchev–Trinajstić information content (AvgIpc) is 3.06. The van der Waals surface area contributed by atoms with E-state index in [1.54, 1.807) is 17.5 Å². The molecule has 2 aromatic heterocycles. The van der Waals surface area contributed by atoms with E-state index in [1.165, 1.54) is 30.6 Å². The number of hydrogen-bond donors (Lipinski definition) is 2. The van der Waals surface area contributed by atoms with Crippen LogP contribution in [0.5, 0.6) is 5.75 Å². The number of ether oxygens (including phenoxy) is 1. The lowest BCUT2D eigenvalue weighted by atomic mass is 10.1. The molecular formula is C18H16N2O6S. The number of nitrogens with zero attached hydrogens (tertiary/aromatic N) is 1. The summed E-state index contributed by atoms with van der Waals surface area (Å²) < 4.78 is 10.9. The summed E-state index contributed by atoms with van der Waals surface area (Å²) in [6.07, 6.45) is 1.35. The van der Waals surface area contributed by atoms with Crippen molar-refractivity contribution in [2.45, 2.75) is 19.9 Å². The Kier molecular flexibility index (Phi) is 5.22. The Morgan fingerprint density at radius 3 is 2.85 bits per heavy atom. The minimum absolute atomic E-state index is 0.207. The van der Waals surface area contributed by atoms with Crippen LogP contribution in [0.3, 0.4) is 0 Å². The lowest BCUT2D eigenvalue weighted by molar-refractivity contribution is -0.141. The van der Waals surface area contributed by atoms with Gasteiger partial charge in [-0.3, -0.25) is 14.4 Å². The molecule has 1 atom stereocenters. The maximum Gasteiger partial charge on any atom is 0.325 e. The Morgan fingerprint density at radius 2 is 2.19 bits per heavy atom. The summed E-state index contributed by atoms with van der Waals surface area (Å²) in [5.41, 5.74) is 1.05. The van der Waals surface area contributed by atoms with Crippen molar-refractivity contribution < 1.29 is 23.8 Å². The Morgan fingerprint density at radius 1 is 1.41 bits per heavy atom. The predicted octanol–water partition coefficient (Wildman–Crippen LogP) is 2.19. The molecule has 0 aliphatic rings. The molecule has 2 heterocycles. The summed E-state index contributed by atoms with van der Waals surface area (Å²) in [6.45, 7) is 2.85. The number of aryl methyl sites for hydroxylation is 1. The number of carboxylic acids is 1. The highest BCUT2D eigenvalue weighted by Gasteiger charge is 2.15. The number of carboxylic acid groups (broad SMARTS) is 1. The highest BCUT2D eigenvalue weighted by molar-refractivity contribution is 7.09. The fraction of sp³-hybridized carbons (Fsp3) is 0.222. The molecule has 0 fully saturated rings. The van der Waals surface area contributed by atoms with Crippen molar-refractivity contribution >= 4 is 34.2 Å². The number of amides is 1. The second-order valence-corrected chi connectivity index (χ2v) is 6.87. The fourth-order valence-corrected chi connectivity index (χ4v) is 2.97. The molecule has 0 bridgehead atoms. The van der Waals surface area contributed by atoms with Gasteiger partial charge < -0.3 is 19.6 Å². The molecule has 1 unspecified atom stereocenters. The molecule has 0 saturated carbocycles. The molecule has 1 aromatic carbocycles. The van der Waals surface area contributed by atoms with E-state index in [0.29, 0.717) is 28.0 Å². The lowest BCUT2D eigenvalue weighted by Crippen LogP contribution is -2.40. The molecule has 27 heavy (non-hydrogen) atoms. The number of fused-ring (bicyclic) bond motifs is 1. The van der Waals surface area contributed by atoms with Crippen molar-refractivity contribution in [1.29, 1.82) is 0 Å². The summed E-state index contributed by atoms with van der Waals surface area (Å²) in [4.78, 5) is 39.3. The first-order valence-electron chi connectivity index (χ1n) is 7.98. The maximum absolute atomic E-state index is 12.6. The van der Waals surface area contributed by atoms with Gasteiger partial charge in [-0.25, -0.2) is 4.98 Å². The number of aromatic nitrogens is 1. The van der Waals surface area contributed by atoms with E-state index in [-0.39, 0.29) is 12.0 Å². The van der Waals surface area contributed by atoms with Gasteiger partial charge in [0, 0.05) is 11.4 Å². The molecule has 0 aliphatic carbocycles. The van der Waals surface area contributed by atoms with Gasteiger partial charge >= 0.3 is 5.97 Å². The topological polar surface area (TPSA) is 119 Å². The SMILES string of the molecule is Cc1nc(-c2coc3cc(OCC(=O)NC(C)C(=O)O)ccc3c2=O)cs1. The van der Waals surface area contributed by atoms with Crippen LogP contribution in [-0.2, 0) is 9.59 Å². The van der Waals surface area contributed by atoms with Crippen LogP contribution in [0, 0.1) is 6.92 Å². The van der Waals surface area contributed by atoms with Gasteiger partial charge in [0.2, 0.25) is 5.43 Å². The molecule has 3 aromatic rings. The highest BCUT2D eigenvalue weighted by atomic mass is 32.1. The molecule has 0 radical (unpaired) electrons. The molecule has 9 heteroatoms. The van der Waals surface area contributed by atoms with Gasteiger partial charge in [0.05, 0.1) is 21.7 Å². The third kappa shape index (κ3) is 4.14. The quantitative estimate of drug-likeness (QED) is 0.664. The van der Waals surface area contributed by atoms with Crippen molar-refractivity contribution in [2.24, 2.45) is 0 Å². The van der Waals surface area contributed by atoms with E-state index in [2.05, 4.69) is 10.3 Å². The first-order chi connectivity index (χ1) is 12.8. The van der Waals surface area contributed by atoms with E-state index >= 15 is 0 Å². The van der Waals surface area contributed by atoms with Crippen molar-refractivity contribution in [2.75, 3.05) is 6.61 Å².